The summed E-state index contributed by atoms with van der Waals surface area (Å²) in [6.45, 7) is 7.90. The van der Waals surface area contributed by atoms with Crippen LogP contribution in [0.25, 0.3) is 5.69 Å². The fraction of sp³-hybridized carbons (Fsp3) is 0.375. The third-order valence-corrected chi connectivity index (χ3v) is 4.68. The number of aromatic nitrogens is 6. The fourth-order valence-electron chi connectivity index (χ4n) is 2.19. The third kappa shape index (κ3) is 3.90. The molecule has 0 aliphatic heterocycles. The van der Waals surface area contributed by atoms with Gasteiger partial charge in [0.1, 0.15) is 0 Å². The van der Waals surface area contributed by atoms with Crippen LogP contribution < -0.4 is 5.32 Å². The van der Waals surface area contributed by atoms with Crippen LogP contribution in [0.2, 0.25) is 0 Å². The number of carbonyl (C=O) groups is 1. The summed E-state index contributed by atoms with van der Waals surface area (Å²) < 4.78 is 6.99. The van der Waals surface area contributed by atoms with E-state index in [0.717, 1.165) is 16.8 Å². The lowest BCUT2D eigenvalue weighted by atomic mass is 10.1. The number of nitrogens with one attached hydrogen (secondary N) is 1. The minimum atomic E-state index is -0.274. The second kappa shape index (κ2) is 7.65. The molecule has 0 saturated heterocycles. The van der Waals surface area contributed by atoms with Gasteiger partial charge in [-0.3, -0.25) is 10.1 Å². The van der Waals surface area contributed by atoms with Crippen LogP contribution in [0.4, 0.5) is 6.01 Å². The van der Waals surface area contributed by atoms with Gasteiger partial charge in [0.25, 0.3) is 0 Å². The Balaban J connectivity index is 1.66. The van der Waals surface area contributed by atoms with Crippen molar-refractivity contribution in [1.29, 1.82) is 0 Å². The molecule has 3 aromatic rings. The van der Waals surface area contributed by atoms with Crippen LogP contribution in [0.15, 0.2) is 27.8 Å². The number of hydrogen-bond acceptors (Lipinski definition) is 8. The van der Waals surface area contributed by atoms with Crippen LogP contribution in [0.5, 0.6) is 0 Å². The molecule has 1 amide bonds. The van der Waals surface area contributed by atoms with Crippen molar-refractivity contribution in [1.82, 2.24) is 30.4 Å². The predicted octanol–water partition coefficient (Wildman–Crippen LogP) is 2.52. The standard InChI is InChI=1S/C16H19N7O2S/c1-9(2)14-18-19-15(25-14)17-13(24)8-26-16-20-21-22-23(16)12-7-5-6-10(3)11(12)4/h5-7,9H,8H2,1-4H3,(H,17,19,24). The first kappa shape index (κ1) is 18.1. The molecule has 9 nitrogen and oxygen atoms in total. The Labute approximate surface area is 154 Å². The quantitative estimate of drug-likeness (QED) is 0.656. The molecule has 0 aliphatic rings. The molecular formula is C16H19N7O2S. The zero-order valence-electron chi connectivity index (χ0n) is 14.9. The topological polar surface area (TPSA) is 112 Å². The van der Waals surface area contributed by atoms with E-state index in [1.54, 1.807) is 4.68 Å². The number of aryl methyl sites for hydroxylation is 1. The second-order valence-corrected chi connectivity index (χ2v) is 6.97. The van der Waals surface area contributed by atoms with E-state index in [-0.39, 0.29) is 23.6 Å². The van der Waals surface area contributed by atoms with Gasteiger partial charge in [-0.1, -0.05) is 42.8 Å². The molecule has 136 valence electrons. The predicted molar refractivity (Wildman–Crippen MR) is 96.4 cm³/mol. The van der Waals surface area contributed by atoms with Crippen molar-refractivity contribution in [2.24, 2.45) is 0 Å². The summed E-state index contributed by atoms with van der Waals surface area (Å²) in [5, 5.41) is 22.6. The van der Waals surface area contributed by atoms with Crippen molar-refractivity contribution < 1.29 is 9.21 Å². The number of amides is 1. The Morgan fingerprint density at radius 1 is 1.27 bits per heavy atom. The van der Waals surface area contributed by atoms with Crippen LogP contribution in [0, 0.1) is 13.8 Å². The molecule has 3 rings (SSSR count). The SMILES string of the molecule is Cc1cccc(-n2nnnc2SCC(=O)Nc2nnc(C(C)C)o2)c1C. The molecule has 10 heteroatoms. The number of thioether (sulfide) groups is 1. The fourth-order valence-corrected chi connectivity index (χ4v) is 2.87. The molecule has 0 aliphatic carbocycles. The highest BCUT2D eigenvalue weighted by Crippen LogP contribution is 2.22. The van der Waals surface area contributed by atoms with Crippen LogP contribution in [-0.4, -0.2) is 42.1 Å². The zero-order chi connectivity index (χ0) is 18.7. The monoisotopic (exact) mass is 373 g/mol. The van der Waals surface area contributed by atoms with Gasteiger partial charge in [0.05, 0.1) is 11.4 Å². The molecule has 0 spiro atoms. The van der Waals surface area contributed by atoms with Gasteiger partial charge < -0.3 is 4.42 Å². The van der Waals surface area contributed by atoms with Crippen molar-refractivity contribution in [3.05, 3.63) is 35.2 Å². The van der Waals surface area contributed by atoms with Crippen molar-refractivity contribution in [3.63, 3.8) is 0 Å². The van der Waals surface area contributed by atoms with E-state index < -0.39 is 0 Å². The van der Waals surface area contributed by atoms with Gasteiger partial charge in [-0.25, -0.2) is 0 Å². The summed E-state index contributed by atoms with van der Waals surface area (Å²) in [6, 6.07) is 6.00. The van der Waals surface area contributed by atoms with Gasteiger partial charge in [-0.15, -0.1) is 10.2 Å². The summed E-state index contributed by atoms with van der Waals surface area (Å²) in [6.07, 6.45) is 0. The zero-order valence-corrected chi connectivity index (χ0v) is 15.7. The highest BCUT2D eigenvalue weighted by atomic mass is 32.2. The molecule has 0 fully saturated rings. The number of nitrogens with zero attached hydrogens (tertiary/aromatic N) is 6. The van der Waals surface area contributed by atoms with Gasteiger partial charge >= 0.3 is 6.01 Å². The van der Waals surface area contributed by atoms with Gasteiger partial charge in [0, 0.05) is 5.92 Å². The molecule has 26 heavy (non-hydrogen) atoms. The minimum Gasteiger partial charge on any atom is -0.408 e. The Morgan fingerprint density at radius 3 is 2.81 bits per heavy atom. The molecular weight excluding hydrogens is 354 g/mol. The molecule has 1 aromatic carbocycles. The normalized spacial score (nSPS) is 11.1. The van der Waals surface area contributed by atoms with Gasteiger partial charge in [-0.05, 0) is 41.5 Å². The Bertz CT molecular complexity index is 919. The summed E-state index contributed by atoms with van der Waals surface area (Å²) in [5.74, 6) is 0.422. The van der Waals surface area contributed by atoms with Gasteiger partial charge in [-0.2, -0.15) is 4.68 Å². The van der Waals surface area contributed by atoms with Crippen LogP contribution in [-0.2, 0) is 4.79 Å². The minimum absolute atomic E-state index is 0.0911. The van der Waals surface area contributed by atoms with Gasteiger partial charge in [0.15, 0.2) is 0 Å². The molecule has 1 N–H and O–H groups in total. The molecule has 0 radical (unpaired) electrons. The molecule has 2 aromatic heterocycles. The largest absolute Gasteiger partial charge is 0.408 e. The Hall–Kier alpha value is -2.75. The summed E-state index contributed by atoms with van der Waals surface area (Å²) >= 11 is 1.23. The maximum absolute atomic E-state index is 12.1. The van der Waals surface area contributed by atoms with Crippen LogP contribution in [0.3, 0.4) is 0 Å². The third-order valence-electron chi connectivity index (χ3n) is 3.76. The number of rotatable bonds is 6. The number of benzene rings is 1. The van der Waals surface area contributed by atoms with Gasteiger partial charge in [0.2, 0.25) is 17.0 Å². The maximum Gasteiger partial charge on any atom is 0.322 e. The van der Waals surface area contributed by atoms with Crippen LogP contribution in [0.1, 0.15) is 36.8 Å². The Morgan fingerprint density at radius 2 is 2.08 bits per heavy atom. The number of hydrogen-bond donors (Lipinski definition) is 1. The van der Waals surface area contributed by atoms with Crippen molar-refractivity contribution in [3.8, 4) is 5.69 Å². The van der Waals surface area contributed by atoms with Crippen molar-refractivity contribution >= 4 is 23.7 Å². The highest BCUT2D eigenvalue weighted by molar-refractivity contribution is 7.99. The maximum atomic E-state index is 12.1. The lowest BCUT2D eigenvalue weighted by Crippen LogP contribution is -2.15. The summed E-state index contributed by atoms with van der Waals surface area (Å²) in [5.41, 5.74) is 3.11. The van der Waals surface area contributed by atoms with E-state index in [1.165, 1.54) is 11.8 Å². The van der Waals surface area contributed by atoms with Crippen molar-refractivity contribution in [2.45, 2.75) is 38.8 Å². The molecule has 0 bridgehead atoms. The molecule has 0 saturated carbocycles. The smallest absolute Gasteiger partial charge is 0.322 e. The lowest BCUT2D eigenvalue weighted by Gasteiger charge is -2.09. The molecule has 0 unspecified atom stereocenters. The van der Waals surface area contributed by atoms with E-state index in [4.69, 9.17) is 4.42 Å². The average Bonchev–Trinajstić information content (AvgIpc) is 3.25. The summed E-state index contributed by atoms with van der Waals surface area (Å²) in [4.78, 5) is 12.1. The highest BCUT2D eigenvalue weighted by Gasteiger charge is 2.16. The first-order valence-electron chi connectivity index (χ1n) is 8.06. The number of carbonyl (C=O) groups excluding carboxylic acids is 1. The Kier molecular flexibility index (Phi) is 5.31. The first-order chi connectivity index (χ1) is 12.5. The first-order valence-corrected chi connectivity index (χ1v) is 9.05. The van der Waals surface area contributed by atoms with E-state index in [0.29, 0.717) is 11.0 Å². The number of anilines is 1. The van der Waals surface area contributed by atoms with E-state index in [2.05, 4.69) is 31.0 Å². The van der Waals surface area contributed by atoms with E-state index in [1.807, 2.05) is 45.9 Å². The molecule has 0 atom stereocenters. The number of tetrazole rings is 1. The second-order valence-electron chi connectivity index (χ2n) is 6.03. The van der Waals surface area contributed by atoms with Crippen LogP contribution >= 0.6 is 11.8 Å². The van der Waals surface area contributed by atoms with E-state index >= 15 is 0 Å². The summed E-state index contributed by atoms with van der Waals surface area (Å²) in [7, 11) is 0. The molecule has 2 heterocycles. The lowest BCUT2D eigenvalue weighted by molar-refractivity contribution is -0.113. The van der Waals surface area contributed by atoms with Crippen molar-refractivity contribution in [2.75, 3.05) is 11.1 Å². The average molecular weight is 373 g/mol. The van der Waals surface area contributed by atoms with E-state index in [9.17, 15) is 4.79 Å².